The van der Waals surface area contributed by atoms with Gasteiger partial charge in [0.15, 0.2) is 0 Å². The summed E-state index contributed by atoms with van der Waals surface area (Å²) in [6.07, 6.45) is 9.42. The molecule has 1 atom stereocenters. The fraction of sp³-hybridized carbons (Fsp3) is 0.565. The molecule has 0 spiro atoms. The molecule has 1 saturated carbocycles. The van der Waals surface area contributed by atoms with E-state index in [2.05, 4.69) is 29.2 Å². The summed E-state index contributed by atoms with van der Waals surface area (Å²) in [6.45, 7) is 4.89. The Morgan fingerprint density at radius 2 is 1.75 bits per heavy atom. The highest BCUT2D eigenvalue weighted by Gasteiger charge is 2.40. The molecule has 0 radical (unpaired) electrons. The number of hydrogen-bond acceptors (Lipinski definition) is 3. The molecule has 1 aliphatic carbocycles. The van der Waals surface area contributed by atoms with Crippen molar-refractivity contribution < 1.29 is 9.59 Å². The molecule has 2 aliphatic heterocycles. The maximum atomic E-state index is 12.9. The Bertz CT molecular complexity index is 704. The lowest BCUT2D eigenvalue weighted by atomic mass is 10.1. The van der Waals surface area contributed by atoms with Crippen LogP contribution in [0.5, 0.6) is 0 Å². The molecular formula is C23H31N3O2. The minimum absolute atomic E-state index is 0.127. The highest BCUT2D eigenvalue weighted by molar-refractivity contribution is 5.89. The van der Waals surface area contributed by atoms with E-state index >= 15 is 0 Å². The molecule has 4 rings (SSSR count). The number of nitrogens with zero attached hydrogens (tertiary/aromatic N) is 3. The second-order valence-corrected chi connectivity index (χ2v) is 8.32. The average molecular weight is 382 g/mol. The first-order chi connectivity index (χ1) is 13.7. The van der Waals surface area contributed by atoms with Gasteiger partial charge in [0.05, 0.1) is 5.92 Å². The van der Waals surface area contributed by atoms with E-state index in [1.165, 1.54) is 18.4 Å². The number of amides is 2. The average Bonchev–Trinajstić information content (AvgIpc) is 3.38. The van der Waals surface area contributed by atoms with Gasteiger partial charge in [-0.25, -0.2) is 0 Å². The summed E-state index contributed by atoms with van der Waals surface area (Å²) in [5.41, 5.74) is 1.22. The molecule has 1 aromatic carbocycles. The summed E-state index contributed by atoms with van der Waals surface area (Å²) < 4.78 is 0. The maximum Gasteiger partial charge on any atom is 0.228 e. The third-order valence-electron chi connectivity index (χ3n) is 6.43. The van der Waals surface area contributed by atoms with Gasteiger partial charge < -0.3 is 9.80 Å². The van der Waals surface area contributed by atoms with Crippen LogP contribution in [-0.4, -0.2) is 71.8 Å². The molecule has 2 saturated heterocycles. The molecule has 1 aromatic rings. The first-order valence-electron chi connectivity index (χ1n) is 10.7. The van der Waals surface area contributed by atoms with Crippen molar-refractivity contribution in [1.82, 2.24) is 14.7 Å². The summed E-state index contributed by atoms with van der Waals surface area (Å²) >= 11 is 0. The summed E-state index contributed by atoms with van der Waals surface area (Å²) in [7, 11) is 0. The van der Waals surface area contributed by atoms with Gasteiger partial charge in [-0.3, -0.25) is 14.5 Å². The van der Waals surface area contributed by atoms with Crippen molar-refractivity contribution in [2.45, 2.75) is 38.1 Å². The standard InChI is InChI=1S/C23H31N3O2/c27-22-17-20(18-26(22)21-10-4-5-11-21)23(28)25-15-13-24(14-16-25)12-6-9-19-7-2-1-3-8-19/h1-3,6-9,20-21H,4-5,10-18H2/b9-6+. The topological polar surface area (TPSA) is 43.9 Å². The molecule has 2 heterocycles. The van der Waals surface area contributed by atoms with Crippen molar-refractivity contribution in [3.05, 3.63) is 42.0 Å². The number of benzene rings is 1. The Morgan fingerprint density at radius 1 is 1.04 bits per heavy atom. The van der Waals surface area contributed by atoms with Gasteiger partial charge in [0, 0.05) is 51.7 Å². The quantitative estimate of drug-likeness (QED) is 0.788. The number of rotatable bonds is 5. The van der Waals surface area contributed by atoms with Crippen molar-refractivity contribution in [3.8, 4) is 0 Å². The fourth-order valence-electron chi connectivity index (χ4n) is 4.78. The zero-order chi connectivity index (χ0) is 19.3. The summed E-state index contributed by atoms with van der Waals surface area (Å²) in [4.78, 5) is 31.7. The van der Waals surface area contributed by atoms with E-state index < -0.39 is 0 Å². The largest absolute Gasteiger partial charge is 0.340 e. The van der Waals surface area contributed by atoms with Gasteiger partial charge in [0.2, 0.25) is 11.8 Å². The molecule has 28 heavy (non-hydrogen) atoms. The molecule has 0 bridgehead atoms. The molecular weight excluding hydrogens is 350 g/mol. The second-order valence-electron chi connectivity index (χ2n) is 8.32. The Balaban J connectivity index is 1.23. The van der Waals surface area contributed by atoms with E-state index in [1.54, 1.807) is 0 Å². The number of hydrogen-bond donors (Lipinski definition) is 0. The van der Waals surface area contributed by atoms with Gasteiger partial charge >= 0.3 is 0 Å². The molecule has 0 aromatic heterocycles. The van der Waals surface area contributed by atoms with Gasteiger partial charge in [-0.1, -0.05) is 55.3 Å². The van der Waals surface area contributed by atoms with Crippen LogP contribution in [0, 0.1) is 5.92 Å². The van der Waals surface area contributed by atoms with Gasteiger partial charge in [-0.2, -0.15) is 0 Å². The number of piperazine rings is 1. The van der Waals surface area contributed by atoms with Crippen LogP contribution >= 0.6 is 0 Å². The Kier molecular flexibility index (Phi) is 6.10. The van der Waals surface area contributed by atoms with Crippen LogP contribution in [-0.2, 0) is 9.59 Å². The van der Waals surface area contributed by atoms with Gasteiger partial charge in [0.25, 0.3) is 0 Å². The van der Waals surface area contributed by atoms with Crippen LogP contribution in [0.25, 0.3) is 6.08 Å². The molecule has 5 nitrogen and oxygen atoms in total. The van der Waals surface area contributed by atoms with Crippen LogP contribution in [0.15, 0.2) is 36.4 Å². The predicted molar refractivity (Wildman–Crippen MR) is 111 cm³/mol. The van der Waals surface area contributed by atoms with Crippen molar-refractivity contribution in [3.63, 3.8) is 0 Å². The molecule has 1 unspecified atom stereocenters. The van der Waals surface area contributed by atoms with Crippen LogP contribution in [0.1, 0.15) is 37.7 Å². The third kappa shape index (κ3) is 4.46. The summed E-state index contributed by atoms with van der Waals surface area (Å²) in [5, 5.41) is 0. The van der Waals surface area contributed by atoms with Gasteiger partial charge in [0.1, 0.15) is 0 Å². The number of likely N-dealkylation sites (tertiary alicyclic amines) is 1. The molecule has 5 heteroatoms. The van der Waals surface area contributed by atoms with E-state index in [0.29, 0.717) is 19.0 Å². The third-order valence-corrected chi connectivity index (χ3v) is 6.43. The first kappa shape index (κ1) is 19.2. The number of carbonyl (C=O) groups excluding carboxylic acids is 2. The second kappa shape index (κ2) is 8.91. The lowest BCUT2D eigenvalue weighted by molar-refractivity contribution is -0.137. The minimum Gasteiger partial charge on any atom is -0.340 e. The zero-order valence-corrected chi connectivity index (χ0v) is 16.6. The van der Waals surface area contributed by atoms with E-state index in [0.717, 1.165) is 45.6 Å². The highest BCUT2D eigenvalue weighted by atomic mass is 16.2. The molecule has 2 amide bonds. The monoisotopic (exact) mass is 381 g/mol. The maximum absolute atomic E-state index is 12.9. The van der Waals surface area contributed by atoms with Crippen molar-refractivity contribution in [2.75, 3.05) is 39.3 Å². The van der Waals surface area contributed by atoms with E-state index in [9.17, 15) is 9.59 Å². The van der Waals surface area contributed by atoms with Gasteiger partial charge in [-0.15, -0.1) is 0 Å². The minimum atomic E-state index is -0.127. The SMILES string of the molecule is O=C(C1CC(=O)N(C2CCCC2)C1)N1CCN(C/C=C/c2ccccc2)CC1. The van der Waals surface area contributed by atoms with Crippen molar-refractivity contribution >= 4 is 17.9 Å². The van der Waals surface area contributed by atoms with E-state index in [-0.39, 0.29) is 17.7 Å². The lowest BCUT2D eigenvalue weighted by Gasteiger charge is -2.35. The molecule has 3 aliphatic rings. The van der Waals surface area contributed by atoms with Crippen molar-refractivity contribution in [2.24, 2.45) is 5.92 Å². The number of carbonyl (C=O) groups is 2. The predicted octanol–water partition coefficient (Wildman–Crippen LogP) is 2.64. The van der Waals surface area contributed by atoms with Crippen LogP contribution in [0.2, 0.25) is 0 Å². The van der Waals surface area contributed by atoms with Crippen LogP contribution < -0.4 is 0 Å². The fourth-order valence-corrected chi connectivity index (χ4v) is 4.78. The molecule has 150 valence electrons. The van der Waals surface area contributed by atoms with Crippen molar-refractivity contribution in [1.29, 1.82) is 0 Å². The van der Waals surface area contributed by atoms with Crippen LogP contribution in [0.4, 0.5) is 0 Å². The zero-order valence-electron chi connectivity index (χ0n) is 16.6. The molecule has 0 N–H and O–H groups in total. The normalized spacial score (nSPS) is 24.6. The van der Waals surface area contributed by atoms with Crippen LogP contribution in [0.3, 0.4) is 0 Å². The smallest absolute Gasteiger partial charge is 0.228 e. The highest BCUT2D eigenvalue weighted by Crippen LogP contribution is 2.30. The Hall–Kier alpha value is -2.14. The lowest BCUT2D eigenvalue weighted by Crippen LogP contribution is -2.50. The Morgan fingerprint density at radius 3 is 2.46 bits per heavy atom. The molecule has 3 fully saturated rings. The first-order valence-corrected chi connectivity index (χ1v) is 10.7. The van der Waals surface area contributed by atoms with E-state index in [4.69, 9.17) is 0 Å². The Labute approximate surface area is 168 Å². The summed E-state index contributed by atoms with van der Waals surface area (Å²) in [6, 6.07) is 10.7. The van der Waals surface area contributed by atoms with Gasteiger partial charge in [-0.05, 0) is 18.4 Å². The van der Waals surface area contributed by atoms with E-state index in [1.807, 2.05) is 28.0 Å². The summed E-state index contributed by atoms with van der Waals surface area (Å²) in [5.74, 6) is 0.251.